The van der Waals surface area contributed by atoms with Crippen LogP contribution in [0.1, 0.15) is 49.7 Å². The molecule has 2 aromatic rings. The van der Waals surface area contributed by atoms with Gasteiger partial charge in [0.05, 0.1) is 30.0 Å². The predicted octanol–water partition coefficient (Wildman–Crippen LogP) is 3.24. The zero-order valence-corrected chi connectivity index (χ0v) is 12.7. The first kappa shape index (κ1) is 16.2. The van der Waals surface area contributed by atoms with Crippen molar-refractivity contribution in [3.63, 3.8) is 0 Å². The van der Waals surface area contributed by atoms with Gasteiger partial charge in [-0.2, -0.15) is 5.10 Å². The Bertz CT molecular complexity index is 563. The first-order valence-electron chi connectivity index (χ1n) is 6.85. The second-order valence-electron chi connectivity index (χ2n) is 3.91. The fourth-order valence-corrected chi connectivity index (χ4v) is 1.93. The van der Waals surface area contributed by atoms with Crippen LogP contribution in [0.3, 0.4) is 0 Å². The number of fused-ring (bicyclic) bond motifs is 1. The van der Waals surface area contributed by atoms with Crippen LogP contribution in [0.5, 0.6) is 0 Å². The van der Waals surface area contributed by atoms with Crippen molar-refractivity contribution in [1.82, 2.24) is 9.61 Å². The normalized spacial score (nSPS) is 11.7. The smallest absolute Gasteiger partial charge is 0.340 e. The largest absolute Gasteiger partial charge is 0.462 e. The fourth-order valence-electron chi connectivity index (χ4n) is 1.93. The Morgan fingerprint density at radius 1 is 1.45 bits per heavy atom. The summed E-state index contributed by atoms with van der Waals surface area (Å²) >= 11 is 0. The van der Waals surface area contributed by atoms with E-state index >= 15 is 0 Å². The number of nitrogens with zero attached hydrogens (tertiary/aromatic N) is 2. The Morgan fingerprint density at radius 2 is 2.15 bits per heavy atom. The molecule has 2 aromatic heterocycles. The minimum Gasteiger partial charge on any atom is -0.462 e. The summed E-state index contributed by atoms with van der Waals surface area (Å²) in [5, 5.41) is 4.18. The molecule has 1 unspecified atom stereocenters. The number of methoxy groups -OCH3 is 1. The zero-order chi connectivity index (χ0) is 15.1. The number of carbonyl (C=O) groups is 1. The van der Waals surface area contributed by atoms with Gasteiger partial charge in [-0.1, -0.05) is 13.8 Å². The van der Waals surface area contributed by atoms with Crippen LogP contribution in [0.4, 0.5) is 0 Å². The number of ether oxygens (including phenoxy) is 2. The Labute approximate surface area is 119 Å². The Hall–Kier alpha value is -1.88. The van der Waals surface area contributed by atoms with E-state index in [0.29, 0.717) is 12.2 Å². The molecule has 0 aliphatic heterocycles. The van der Waals surface area contributed by atoms with Crippen LogP contribution < -0.4 is 0 Å². The molecule has 0 saturated carbocycles. The third kappa shape index (κ3) is 3.17. The van der Waals surface area contributed by atoms with Crippen molar-refractivity contribution in [3.05, 3.63) is 35.7 Å². The summed E-state index contributed by atoms with van der Waals surface area (Å²) in [5.41, 5.74) is 2.11. The molecule has 0 bridgehead atoms. The molecule has 2 rings (SSSR count). The van der Waals surface area contributed by atoms with E-state index < -0.39 is 0 Å². The predicted molar refractivity (Wildman–Crippen MR) is 77.9 cm³/mol. The standard InChI is InChI=1S/C13H16N2O3.C2H6/c1-4-18-13(16)10-8-14-15-7-5-6-11(15)12(10)9(2)17-3;1-2/h5-9H,4H2,1-3H3;1-2H3. The molecule has 0 aromatic carbocycles. The summed E-state index contributed by atoms with van der Waals surface area (Å²) in [6, 6.07) is 3.78. The maximum atomic E-state index is 11.9. The third-order valence-corrected chi connectivity index (χ3v) is 2.86. The van der Waals surface area contributed by atoms with Gasteiger partial charge in [0.15, 0.2) is 0 Å². The number of rotatable bonds is 4. The van der Waals surface area contributed by atoms with E-state index in [2.05, 4.69) is 5.10 Å². The highest BCUT2D eigenvalue weighted by Gasteiger charge is 2.21. The van der Waals surface area contributed by atoms with Crippen molar-refractivity contribution in [1.29, 1.82) is 0 Å². The van der Waals surface area contributed by atoms with Crippen LogP contribution in [-0.2, 0) is 9.47 Å². The topological polar surface area (TPSA) is 52.8 Å². The number of aromatic nitrogens is 2. The molecule has 0 saturated heterocycles. The molecule has 20 heavy (non-hydrogen) atoms. The lowest BCUT2D eigenvalue weighted by Gasteiger charge is -2.15. The van der Waals surface area contributed by atoms with Crippen molar-refractivity contribution in [3.8, 4) is 0 Å². The summed E-state index contributed by atoms with van der Waals surface area (Å²) < 4.78 is 12.1. The number of carbonyl (C=O) groups excluding carboxylic acids is 1. The van der Waals surface area contributed by atoms with Gasteiger partial charge < -0.3 is 9.47 Å². The molecule has 1 atom stereocenters. The van der Waals surface area contributed by atoms with Gasteiger partial charge in [0, 0.05) is 18.9 Å². The fraction of sp³-hybridized carbons (Fsp3) is 0.467. The highest BCUT2D eigenvalue weighted by atomic mass is 16.5. The van der Waals surface area contributed by atoms with Crippen LogP contribution in [0, 0.1) is 0 Å². The molecule has 0 spiro atoms. The highest BCUT2D eigenvalue weighted by molar-refractivity contribution is 5.93. The second-order valence-corrected chi connectivity index (χ2v) is 3.91. The molecule has 0 N–H and O–H groups in total. The number of hydrogen-bond donors (Lipinski definition) is 0. The summed E-state index contributed by atoms with van der Waals surface area (Å²) in [7, 11) is 1.61. The van der Waals surface area contributed by atoms with Gasteiger partial charge >= 0.3 is 5.97 Å². The number of hydrogen-bond acceptors (Lipinski definition) is 4. The first-order valence-corrected chi connectivity index (χ1v) is 6.85. The van der Waals surface area contributed by atoms with E-state index in [1.165, 1.54) is 6.20 Å². The maximum Gasteiger partial charge on any atom is 0.340 e. The van der Waals surface area contributed by atoms with Gasteiger partial charge in [-0.05, 0) is 26.0 Å². The van der Waals surface area contributed by atoms with E-state index in [0.717, 1.165) is 11.1 Å². The Balaban J connectivity index is 0.000000956. The van der Waals surface area contributed by atoms with Gasteiger partial charge in [-0.25, -0.2) is 9.31 Å². The quantitative estimate of drug-likeness (QED) is 0.806. The zero-order valence-electron chi connectivity index (χ0n) is 12.7. The van der Waals surface area contributed by atoms with Gasteiger partial charge in [0.25, 0.3) is 0 Å². The van der Waals surface area contributed by atoms with Crippen LogP contribution in [0.25, 0.3) is 5.52 Å². The minimum atomic E-state index is -0.368. The first-order chi connectivity index (χ1) is 9.69. The van der Waals surface area contributed by atoms with Crippen LogP contribution in [0.15, 0.2) is 24.5 Å². The molecule has 2 heterocycles. The summed E-state index contributed by atoms with van der Waals surface area (Å²) in [6.45, 7) is 8.01. The van der Waals surface area contributed by atoms with Crippen molar-refractivity contribution in [2.24, 2.45) is 0 Å². The molecule has 5 nitrogen and oxygen atoms in total. The molecule has 0 aliphatic rings. The van der Waals surface area contributed by atoms with E-state index in [1.54, 1.807) is 18.5 Å². The molecular weight excluding hydrogens is 256 g/mol. The molecule has 5 heteroatoms. The van der Waals surface area contributed by atoms with Gasteiger partial charge in [0.1, 0.15) is 0 Å². The Morgan fingerprint density at radius 3 is 2.75 bits per heavy atom. The average Bonchev–Trinajstić information content (AvgIpc) is 2.96. The van der Waals surface area contributed by atoms with Crippen molar-refractivity contribution >= 4 is 11.5 Å². The third-order valence-electron chi connectivity index (χ3n) is 2.86. The summed E-state index contributed by atoms with van der Waals surface area (Å²) in [6.07, 6.45) is 3.15. The Kier molecular flexibility index (Phi) is 6.18. The average molecular weight is 278 g/mol. The molecule has 0 amide bonds. The lowest BCUT2D eigenvalue weighted by atomic mass is 10.1. The van der Waals surface area contributed by atoms with Gasteiger partial charge in [0.2, 0.25) is 0 Å². The van der Waals surface area contributed by atoms with Gasteiger partial charge in [-0.3, -0.25) is 0 Å². The maximum absolute atomic E-state index is 11.9. The van der Waals surface area contributed by atoms with Crippen molar-refractivity contribution in [2.45, 2.75) is 33.8 Å². The van der Waals surface area contributed by atoms with E-state index in [-0.39, 0.29) is 12.1 Å². The minimum absolute atomic E-state index is 0.204. The summed E-state index contributed by atoms with van der Waals surface area (Å²) in [5.74, 6) is -0.368. The molecular formula is C15H22N2O3. The molecule has 110 valence electrons. The van der Waals surface area contributed by atoms with E-state index in [1.807, 2.05) is 39.1 Å². The number of esters is 1. The second kappa shape index (κ2) is 7.65. The van der Waals surface area contributed by atoms with E-state index in [4.69, 9.17) is 9.47 Å². The van der Waals surface area contributed by atoms with Gasteiger partial charge in [-0.15, -0.1) is 0 Å². The molecule has 0 aliphatic carbocycles. The molecule has 0 radical (unpaired) electrons. The SMILES string of the molecule is CC.CCOC(=O)c1cnn2cccc2c1C(C)OC. The summed E-state index contributed by atoms with van der Waals surface area (Å²) in [4.78, 5) is 11.9. The van der Waals surface area contributed by atoms with Crippen molar-refractivity contribution in [2.75, 3.05) is 13.7 Å². The van der Waals surface area contributed by atoms with Crippen molar-refractivity contribution < 1.29 is 14.3 Å². The monoisotopic (exact) mass is 278 g/mol. The lowest BCUT2D eigenvalue weighted by molar-refractivity contribution is 0.0515. The van der Waals surface area contributed by atoms with Crippen LogP contribution >= 0.6 is 0 Å². The molecule has 0 fully saturated rings. The lowest BCUT2D eigenvalue weighted by Crippen LogP contribution is -2.13. The van der Waals surface area contributed by atoms with Crippen LogP contribution in [0.2, 0.25) is 0 Å². The van der Waals surface area contributed by atoms with E-state index in [9.17, 15) is 4.79 Å². The highest BCUT2D eigenvalue weighted by Crippen LogP contribution is 2.25. The van der Waals surface area contributed by atoms with Crippen LogP contribution in [-0.4, -0.2) is 29.3 Å².